The zero-order valence-corrected chi connectivity index (χ0v) is 13.6. The molecule has 0 fully saturated rings. The maximum atomic E-state index is 12.0. The first kappa shape index (κ1) is 16.0. The van der Waals surface area contributed by atoms with Gasteiger partial charge in [-0.1, -0.05) is 6.92 Å². The molecule has 0 atom stereocenters. The highest BCUT2D eigenvalue weighted by atomic mass is 79.9. The summed E-state index contributed by atoms with van der Waals surface area (Å²) in [5.74, 6) is 0. The van der Waals surface area contributed by atoms with Crippen LogP contribution >= 0.6 is 15.9 Å². The third-order valence-corrected chi connectivity index (χ3v) is 2.76. The second-order valence-electron chi connectivity index (χ2n) is 5.39. The van der Waals surface area contributed by atoms with Crippen molar-refractivity contribution in [1.82, 2.24) is 14.7 Å². The monoisotopic (exact) mass is 331 g/mol. The van der Waals surface area contributed by atoms with Crippen LogP contribution < -0.4 is 0 Å². The third kappa shape index (κ3) is 6.09. The quantitative estimate of drug-likeness (QED) is 0.831. The van der Waals surface area contributed by atoms with Crippen LogP contribution in [-0.2, 0) is 11.3 Å². The number of halogens is 1. The maximum absolute atomic E-state index is 12.0. The predicted octanol–water partition coefficient (Wildman–Crippen LogP) is 3.29. The van der Waals surface area contributed by atoms with Crippen LogP contribution in [0.3, 0.4) is 0 Å². The number of amides is 1. The fourth-order valence-electron chi connectivity index (χ4n) is 1.57. The number of carbonyl (C=O) groups is 1. The molecule has 19 heavy (non-hydrogen) atoms. The Bertz CT molecular complexity index is 412. The molecule has 0 N–H and O–H groups in total. The average molecular weight is 332 g/mol. The summed E-state index contributed by atoms with van der Waals surface area (Å²) in [6.07, 6.45) is 4.26. The Morgan fingerprint density at radius 1 is 1.47 bits per heavy atom. The molecule has 1 amide bonds. The number of hydrogen-bond acceptors (Lipinski definition) is 3. The summed E-state index contributed by atoms with van der Waals surface area (Å²) in [4.78, 5) is 13.8. The largest absolute Gasteiger partial charge is 0.444 e. The van der Waals surface area contributed by atoms with E-state index in [-0.39, 0.29) is 6.09 Å². The molecule has 0 saturated heterocycles. The Morgan fingerprint density at radius 2 is 2.16 bits per heavy atom. The van der Waals surface area contributed by atoms with Crippen molar-refractivity contribution in [3.8, 4) is 0 Å². The first-order valence-corrected chi connectivity index (χ1v) is 7.27. The van der Waals surface area contributed by atoms with Gasteiger partial charge in [-0.25, -0.2) is 4.79 Å². The summed E-state index contributed by atoms with van der Waals surface area (Å²) < 4.78 is 8.13. The van der Waals surface area contributed by atoms with Crippen LogP contribution in [0, 0.1) is 0 Å². The number of carbonyl (C=O) groups excluding carboxylic acids is 1. The molecule has 0 bridgehead atoms. The summed E-state index contributed by atoms with van der Waals surface area (Å²) in [6.45, 7) is 9.61. The Morgan fingerprint density at radius 3 is 2.63 bits per heavy atom. The van der Waals surface area contributed by atoms with Crippen LogP contribution in [0.5, 0.6) is 0 Å². The maximum Gasteiger partial charge on any atom is 0.410 e. The molecule has 0 unspecified atom stereocenters. The lowest BCUT2D eigenvalue weighted by Crippen LogP contribution is -2.39. The van der Waals surface area contributed by atoms with Crippen LogP contribution in [0.4, 0.5) is 4.79 Å². The molecule has 0 aliphatic heterocycles. The predicted molar refractivity (Wildman–Crippen MR) is 78.0 cm³/mol. The van der Waals surface area contributed by atoms with E-state index in [1.807, 2.05) is 33.9 Å². The molecule has 1 aromatic rings. The van der Waals surface area contributed by atoms with Crippen molar-refractivity contribution in [3.63, 3.8) is 0 Å². The van der Waals surface area contributed by atoms with Crippen LogP contribution in [0.1, 0.15) is 34.1 Å². The van der Waals surface area contributed by atoms with E-state index in [2.05, 4.69) is 21.0 Å². The van der Waals surface area contributed by atoms with Gasteiger partial charge >= 0.3 is 6.09 Å². The summed E-state index contributed by atoms with van der Waals surface area (Å²) >= 11 is 3.35. The molecule has 0 spiro atoms. The van der Waals surface area contributed by atoms with E-state index in [1.54, 1.807) is 15.8 Å². The van der Waals surface area contributed by atoms with Crippen molar-refractivity contribution in [3.05, 3.63) is 16.9 Å². The number of hydrogen-bond donors (Lipinski definition) is 0. The number of aromatic nitrogens is 2. The van der Waals surface area contributed by atoms with Gasteiger partial charge < -0.3 is 9.64 Å². The molecule has 0 radical (unpaired) electrons. The second kappa shape index (κ2) is 6.93. The second-order valence-corrected chi connectivity index (χ2v) is 6.30. The van der Waals surface area contributed by atoms with Crippen molar-refractivity contribution in [2.45, 2.75) is 46.3 Å². The van der Waals surface area contributed by atoms with Gasteiger partial charge in [0.25, 0.3) is 0 Å². The van der Waals surface area contributed by atoms with E-state index in [0.29, 0.717) is 19.6 Å². The van der Waals surface area contributed by atoms with Crippen LogP contribution in [0.15, 0.2) is 16.9 Å². The molecule has 0 aromatic carbocycles. The topological polar surface area (TPSA) is 47.4 Å². The highest BCUT2D eigenvalue weighted by Gasteiger charge is 2.21. The third-order valence-electron chi connectivity index (χ3n) is 2.35. The summed E-state index contributed by atoms with van der Waals surface area (Å²) in [6, 6.07) is 0. The molecule has 1 heterocycles. The molecule has 1 rings (SSSR count). The fourth-order valence-corrected chi connectivity index (χ4v) is 1.90. The average Bonchev–Trinajstić information content (AvgIpc) is 2.67. The van der Waals surface area contributed by atoms with Gasteiger partial charge in [-0.3, -0.25) is 4.68 Å². The highest BCUT2D eigenvalue weighted by Crippen LogP contribution is 2.11. The zero-order valence-electron chi connectivity index (χ0n) is 12.0. The van der Waals surface area contributed by atoms with E-state index in [1.165, 1.54) is 0 Å². The molecule has 108 valence electrons. The number of ether oxygens (including phenoxy) is 1. The van der Waals surface area contributed by atoms with Crippen molar-refractivity contribution < 1.29 is 9.53 Å². The molecule has 0 saturated carbocycles. The van der Waals surface area contributed by atoms with E-state index in [9.17, 15) is 4.79 Å². The standard InChI is InChI=1S/C13H22BrN3O2/c1-5-6-16(12(18)19-13(2,3)4)7-8-17-10-11(14)9-15-17/h9-10H,5-8H2,1-4H3. The summed E-state index contributed by atoms with van der Waals surface area (Å²) in [7, 11) is 0. The van der Waals surface area contributed by atoms with E-state index in [0.717, 1.165) is 10.9 Å². The lowest BCUT2D eigenvalue weighted by atomic mass is 10.2. The van der Waals surface area contributed by atoms with Gasteiger partial charge in [0.1, 0.15) is 5.60 Å². The minimum atomic E-state index is -0.461. The van der Waals surface area contributed by atoms with Crippen LogP contribution in [0.25, 0.3) is 0 Å². The van der Waals surface area contributed by atoms with Gasteiger partial charge in [-0.2, -0.15) is 5.10 Å². The Balaban J connectivity index is 2.54. The van der Waals surface area contributed by atoms with Crippen molar-refractivity contribution in [2.75, 3.05) is 13.1 Å². The molecule has 0 aliphatic rings. The zero-order chi connectivity index (χ0) is 14.5. The first-order chi connectivity index (χ1) is 8.81. The number of rotatable bonds is 5. The molecule has 1 aromatic heterocycles. The Labute approximate surface area is 123 Å². The highest BCUT2D eigenvalue weighted by molar-refractivity contribution is 9.10. The molecule has 6 heteroatoms. The summed E-state index contributed by atoms with van der Waals surface area (Å²) in [5, 5.41) is 4.17. The first-order valence-electron chi connectivity index (χ1n) is 6.47. The SMILES string of the molecule is CCCN(CCn1cc(Br)cn1)C(=O)OC(C)(C)C. The van der Waals surface area contributed by atoms with Crippen molar-refractivity contribution in [2.24, 2.45) is 0 Å². The van der Waals surface area contributed by atoms with Gasteiger partial charge in [0.2, 0.25) is 0 Å². The Hall–Kier alpha value is -1.04. The van der Waals surface area contributed by atoms with Crippen LogP contribution in [-0.4, -0.2) is 39.5 Å². The van der Waals surface area contributed by atoms with Gasteiger partial charge in [0.05, 0.1) is 17.2 Å². The molecule has 5 nitrogen and oxygen atoms in total. The van der Waals surface area contributed by atoms with Crippen molar-refractivity contribution in [1.29, 1.82) is 0 Å². The van der Waals surface area contributed by atoms with Gasteiger partial charge in [-0.05, 0) is 43.1 Å². The minimum absolute atomic E-state index is 0.263. The van der Waals surface area contributed by atoms with Gasteiger partial charge in [0, 0.05) is 19.3 Å². The normalized spacial score (nSPS) is 11.4. The van der Waals surface area contributed by atoms with E-state index < -0.39 is 5.60 Å². The van der Waals surface area contributed by atoms with E-state index >= 15 is 0 Å². The fraction of sp³-hybridized carbons (Fsp3) is 0.692. The molecular formula is C13H22BrN3O2. The molecular weight excluding hydrogens is 310 g/mol. The van der Waals surface area contributed by atoms with Crippen LogP contribution in [0.2, 0.25) is 0 Å². The summed E-state index contributed by atoms with van der Waals surface area (Å²) in [5.41, 5.74) is -0.461. The molecule has 0 aliphatic carbocycles. The minimum Gasteiger partial charge on any atom is -0.444 e. The smallest absolute Gasteiger partial charge is 0.410 e. The van der Waals surface area contributed by atoms with Gasteiger partial charge in [0.15, 0.2) is 0 Å². The Kier molecular flexibility index (Phi) is 5.85. The van der Waals surface area contributed by atoms with Crippen molar-refractivity contribution >= 4 is 22.0 Å². The van der Waals surface area contributed by atoms with Gasteiger partial charge in [-0.15, -0.1) is 0 Å². The lowest BCUT2D eigenvalue weighted by Gasteiger charge is -2.27. The lowest BCUT2D eigenvalue weighted by molar-refractivity contribution is 0.0242. The number of nitrogens with zero attached hydrogens (tertiary/aromatic N) is 3. The van der Waals surface area contributed by atoms with E-state index in [4.69, 9.17) is 4.74 Å².